The first-order valence-electron chi connectivity index (χ1n) is 7.53. The van der Waals surface area contributed by atoms with Gasteiger partial charge in [-0.3, -0.25) is 0 Å². The van der Waals surface area contributed by atoms with Gasteiger partial charge in [0.15, 0.2) is 5.82 Å². The number of anilines is 1. The van der Waals surface area contributed by atoms with E-state index in [9.17, 15) is 5.11 Å². The van der Waals surface area contributed by atoms with E-state index in [1.165, 1.54) is 10.8 Å². The van der Waals surface area contributed by atoms with Gasteiger partial charge in [0.1, 0.15) is 11.3 Å². The molecule has 1 fully saturated rings. The van der Waals surface area contributed by atoms with Crippen LogP contribution in [0.25, 0.3) is 10.9 Å². The van der Waals surface area contributed by atoms with Crippen LogP contribution in [0, 0.1) is 0 Å². The minimum atomic E-state index is -0.636. The quantitative estimate of drug-likeness (QED) is 0.421. The zero-order valence-corrected chi connectivity index (χ0v) is 16.8. The minimum Gasteiger partial charge on any atom is -0.491 e. The van der Waals surface area contributed by atoms with Crippen LogP contribution in [0.5, 0.6) is 5.75 Å². The summed E-state index contributed by atoms with van der Waals surface area (Å²) in [4.78, 5) is 11.0. The van der Waals surface area contributed by atoms with E-state index in [0.29, 0.717) is 19.7 Å². The van der Waals surface area contributed by atoms with Gasteiger partial charge in [-0.1, -0.05) is 10.8 Å². The lowest BCUT2D eigenvalue weighted by atomic mass is 9.97. The molecule has 2 aromatic rings. The fourth-order valence-corrected chi connectivity index (χ4v) is 6.85. The summed E-state index contributed by atoms with van der Waals surface area (Å²) in [7, 11) is 1.19. The van der Waals surface area contributed by atoms with E-state index >= 15 is 0 Å². The molecule has 1 aliphatic heterocycles. The van der Waals surface area contributed by atoms with Crippen LogP contribution in [-0.2, 0) is 0 Å². The number of pyridine rings is 2. The first kappa shape index (κ1) is 18.3. The molecule has 1 saturated heterocycles. The summed E-state index contributed by atoms with van der Waals surface area (Å²) in [6, 6.07) is 3.92. The highest BCUT2D eigenvalue weighted by molar-refractivity contribution is 8.83. The van der Waals surface area contributed by atoms with Crippen molar-refractivity contribution in [1.29, 1.82) is 0 Å². The number of hydrogen-bond acceptors (Lipinski definition) is 8. The summed E-state index contributed by atoms with van der Waals surface area (Å²) >= 11 is 8.70. The summed E-state index contributed by atoms with van der Waals surface area (Å²) in [5, 5.41) is 11.9. The summed E-state index contributed by atoms with van der Waals surface area (Å²) in [5.74, 6) is 2.50. The Morgan fingerprint density at radius 1 is 1.46 bits per heavy atom. The number of hydrogen-bond donors (Lipinski definition) is 4. The molecular weight excluding hydrogens is 382 g/mol. The van der Waals surface area contributed by atoms with Gasteiger partial charge in [0.2, 0.25) is 0 Å². The lowest BCUT2D eigenvalue weighted by molar-refractivity contribution is 0.0307. The van der Waals surface area contributed by atoms with Gasteiger partial charge in [-0.15, -0.1) is 23.3 Å². The molecule has 0 amide bonds. The Morgan fingerprint density at radius 2 is 2.25 bits per heavy atom. The molecule has 1 aliphatic rings. The van der Waals surface area contributed by atoms with Crippen molar-refractivity contribution < 1.29 is 9.84 Å². The monoisotopic (exact) mass is 403 g/mol. The average molecular weight is 404 g/mol. The third kappa shape index (κ3) is 4.37. The standard InChI is InChI=1S/C15H21N3O2S4/c1-15(19)8-18(9-15)14-13-11(2-3-16-14)6-12(7-17-13)20-4-5-24(22)10-23-21/h2-3,6-7,19,21-22,24H,4-5,8-10H2,1H3. The number of nitrogens with zero attached hydrogens (tertiary/aromatic N) is 3. The lowest BCUT2D eigenvalue weighted by Crippen LogP contribution is -2.60. The van der Waals surface area contributed by atoms with Crippen molar-refractivity contribution in [3.05, 3.63) is 24.5 Å². The number of β-amino-alcohol motifs (C(OH)–C–C–N with tert-alkyl or cyclic N) is 1. The largest absolute Gasteiger partial charge is 0.491 e. The summed E-state index contributed by atoms with van der Waals surface area (Å²) in [6.45, 7) is 3.61. The predicted octanol–water partition coefficient (Wildman–Crippen LogP) is 2.96. The molecule has 0 aliphatic carbocycles. The lowest BCUT2D eigenvalue weighted by Gasteiger charge is -2.45. The van der Waals surface area contributed by atoms with Crippen molar-refractivity contribution in [2.45, 2.75) is 12.5 Å². The highest BCUT2D eigenvalue weighted by atomic mass is 33.1. The molecule has 1 atom stereocenters. The van der Waals surface area contributed by atoms with Crippen LogP contribution in [0.2, 0.25) is 0 Å². The molecule has 2 aromatic heterocycles. The summed E-state index contributed by atoms with van der Waals surface area (Å²) in [6.07, 6.45) is 3.51. The van der Waals surface area contributed by atoms with Crippen molar-refractivity contribution in [1.82, 2.24) is 9.97 Å². The second kappa shape index (κ2) is 7.82. The topological polar surface area (TPSA) is 58.5 Å². The van der Waals surface area contributed by atoms with Crippen LogP contribution in [0.3, 0.4) is 0 Å². The van der Waals surface area contributed by atoms with Gasteiger partial charge in [0, 0.05) is 35.5 Å². The first-order chi connectivity index (χ1) is 11.5. The smallest absolute Gasteiger partial charge is 0.155 e. The van der Waals surface area contributed by atoms with E-state index in [2.05, 4.69) is 33.3 Å². The van der Waals surface area contributed by atoms with Gasteiger partial charge in [-0.05, 0) is 19.1 Å². The fraction of sp³-hybridized carbons (Fsp3) is 0.467. The molecule has 0 saturated carbocycles. The van der Waals surface area contributed by atoms with E-state index in [0.717, 1.165) is 33.3 Å². The Bertz CT molecular complexity index is 708. The van der Waals surface area contributed by atoms with Gasteiger partial charge in [-0.25, -0.2) is 9.97 Å². The maximum absolute atomic E-state index is 9.92. The van der Waals surface area contributed by atoms with Gasteiger partial charge in [-0.2, -0.15) is 9.93 Å². The third-order valence-electron chi connectivity index (χ3n) is 3.74. The predicted molar refractivity (Wildman–Crippen MR) is 112 cm³/mol. The normalized spacial score (nSPS) is 18.3. The van der Waals surface area contributed by atoms with Crippen LogP contribution in [0.15, 0.2) is 24.5 Å². The van der Waals surface area contributed by atoms with Crippen LogP contribution in [-0.4, -0.2) is 51.2 Å². The number of ether oxygens (including phenoxy) is 1. The number of rotatable bonds is 7. The first-order valence-corrected chi connectivity index (χ1v) is 12.4. The average Bonchev–Trinajstić information content (AvgIpc) is 2.52. The van der Waals surface area contributed by atoms with Gasteiger partial charge in [0.25, 0.3) is 0 Å². The molecular formula is C15H21N3O2S4. The van der Waals surface area contributed by atoms with Crippen LogP contribution in [0.4, 0.5) is 5.82 Å². The van der Waals surface area contributed by atoms with Gasteiger partial charge < -0.3 is 14.7 Å². The van der Waals surface area contributed by atoms with Crippen LogP contribution in [0.1, 0.15) is 6.92 Å². The number of thiol groups is 3. The Labute approximate surface area is 158 Å². The zero-order valence-electron chi connectivity index (χ0n) is 13.3. The molecule has 1 unspecified atom stereocenters. The van der Waals surface area contributed by atoms with E-state index in [-0.39, 0.29) is 9.93 Å². The second-order valence-electron chi connectivity index (χ2n) is 6.07. The van der Waals surface area contributed by atoms with Crippen molar-refractivity contribution in [3.8, 4) is 5.75 Å². The number of aliphatic hydroxyl groups is 1. The summed E-state index contributed by atoms with van der Waals surface area (Å²) < 4.78 is 5.80. The molecule has 24 heavy (non-hydrogen) atoms. The number of fused-ring (bicyclic) bond motifs is 1. The maximum atomic E-state index is 9.92. The minimum absolute atomic E-state index is 0.334. The Balaban J connectivity index is 1.68. The number of aromatic nitrogens is 2. The van der Waals surface area contributed by atoms with Gasteiger partial charge in [0.05, 0.1) is 18.4 Å². The zero-order chi connectivity index (χ0) is 17.2. The Hall–Kier alpha value is -0.480. The van der Waals surface area contributed by atoms with E-state index < -0.39 is 5.60 Å². The SMILES string of the molecule is CC1(O)CN(c2nccc3cc(OCC[SH](S)CSS)cnc23)C1. The third-order valence-corrected chi connectivity index (χ3v) is 8.77. The molecule has 0 spiro atoms. The maximum Gasteiger partial charge on any atom is 0.155 e. The second-order valence-corrected chi connectivity index (χ2v) is 11.3. The molecule has 3 rings (SSSR count). The molecule has 0 radical (unpaired) electrons. The molecule has 0 bridgehead atoms. The highest BCUT2D eigenvalue weighted by Gasteiger charge is 2.38. The van der Waals surface area contributed by atoms with E-state index in [1.54, 1.807) is 12.4 Å². The van der Waals surface area contributed by atoms with Crippen LogP contribution < -0.4 is 9.64 Å². The van der Waals surface area contributed by atoms with E-state index in [4.69, 9.17) is 4.74 Å². The molecule has 132 valence electrons. The highest BCUT2D eigenvalue weighted by Crippen LogP contribution is 2.35. The summed E-state index contributed by atoms with van der Waals surface area (Å²) in [5.41, 5.74) is 0.201. The molecule has 5 nitrogen and oxygen atoms in total. The van der Waals surface area contributed by atoms with E-state index in [1.807, 2.05) is 24.0 Å². The van der Waals surface area contributed by atoms with Crippen molar-refractivity contribution >= 4 is 60.8 Å². The Kier molecular flexibility index (Phi) is 5.97. The fourth-order valence-electron chi connectivity index (χ4n) is 2.66. The molecule has 1 N–H and O–H groups in total. The molecule has 9 heteroatoms. The molecule has 3 heterocycles. The van der Waals surface area contributed by atoms with Crippen molar-refractivity contribution in [2.24, 2.45) is 0 Å². The van der Waals surface area contributed by atoms with Gasteiger partial charge >= 0.3 is 0 Å². The Morgan fingerprint density at radius 3 is 2.96 bits per heavy atom. The van der Waals surface area contributed by atoms with Crippen molar-refractivity contribution in [2.75, 3.05) is 35.4 Å². The van der Waals surface area contributed by atoms with Crippen LogP contribution >= 0.6 is 44.0 Å². The van der Waals surface area contributed by atoms with Crippen molar-refractivity contribution in [3.63, 3.8) is 0 Å². The molecule has 0 aromatic carbocycles.